The third-order valence-electron chi connectivity index (χ3n) is 6.24. The van der Waals surface area contributed by atoms with E-state index in [-0.39, 0.29) is 36.4 Å². The summed E-state index contributed by atoms with van der Waals surface area (Å²) in [7, 11) is -3.67. The summed E-state index contributed by atoms with van der Waals surface area (Å²) < 4.78 is 43.5. The molecule has 10 heteroatoms. The fourth-order valence-electron chi connectivity index (χ4n) is 4.41. The van der Waals surface area contributed by atoms with Crippen LogP contribution in [0, 0.1) is 0 Å². The van der Waals surface area contributed by atoms with Crippen molar-refractivity contribution in [2.75, 3.05) is 26.4 Å². The summed E-state index contributed by atoms with van der Waals surface area (Å²) in [5.74, 6) is 0.202. The summed E-state index contributed by atoms with van der Waals surface area (Å²) >= 11 is 0. The van der Waals surface area contributed by atoms with E-state index >= 15 is 0 Å². The number of unbranched alkanes of at least 4 members (excludes halogenated alkanes) is 2. The second kappa shape index (κ2) is 12.2. The maximum atomic E-state index is 12.5. The predicted molar refractivity (Wildman–Crippen MR) is 132 cm³/mol. The van der Waals surface area contributed by atoms with Crippen LogP contribution in [-0.4, -0.2) is 46.7 Å². The Morgan fingerprint density at radius 2 is 1.81 bits per heavy atom. The van der Waals surface area contributed by atoms with Crippen molar-refractivity contribution >= 4 is 21.9 Å². The molecule has 2 N–H and O–H groups in total. The zero-order valence-corrected chi connectivity index (χ0v) is 21.0. The minimum Gasteiger partial charge on any atom is -0.486 e. The van der Waals surface area contributed by atoms with Crippen LogP contribution in [0.15, 0.2) is 47.4 Å². The van der Waals surface area contributed by atoms with Crippen molar-refractivity contribution in [1.29, 1.82) is 0 Å². The lowest BCUT2D eigenvalue weighted by Gasteiger charge is -2.26. The minimum atomic E-state index is -3.67. The maximum absolute atomic E-state index is 12.5. The van der Waals surface area contributed by atoms with Gasteiger partial charge in [-0.1, -0.05) is 30.7 Å². The zero-order chi connectivity index (χ0) is 25.4. The SMILES string of the molecule is O=C(COC(=O)CCCCCNS(=O)(=O)c1ccc2c(c1)OCCO2)N[C@@H]1CCCc2ccccc21. The van der Waals surface area contributed by atoms with E-state index in [4.69, 9.17) is 14.2 Å². The van der Waals surface area contributed by atoms with Gasteiger partial charge in [-0.3, -0.25) is 9.59 Å². The highest BCUT2D eigenvalue weighted by atomic mass is 32.2. The lowest BCUT2D eigenvalue weighted by Crippen LogP contribution is -2.34. The van der Waals surface area contributed by atoms with Gasteiger partial charge in [0.15, 0.2) is 18.1 Å². The lowest BCUT2D eigenvalue weighted by molar-refractivity contribution is -0.148. The quantitative estimate of drug-likeness (QED) is 0.348. The molecule has 0 saturated carbocycles. The van der Waals surface area contributed by atoms with E-state index in [9.17, 15) is 18.0 Å². The van der Waals surface area contributed by atoms with Crippen molar-refractivity contribution in [3.8, 4) is 11.5 Å². The first kappa shape index (κ1) is 26.0. The van der Waals surface area contributed by atoms with Crippen molar-refractivity contribution in [2.24, 2.45) is 0 Å². The Morgan fingerprint density at radius 1 is 1.00 bits per heavy atom. The van der Waals surface area contributed by atoms with Crippen LogP contribution in [0.4, 0.5) is 0 Å². The van der Waals surface area contributed by atoms with Crippen molar-refractivity contribution in [1.82, 2.24) is 10.0 Å². The Labute approximate surface area is 211 Å². The Hall–Kier alpha value is -3.11. The molecule has 0 bridgehead atoms. The summed E-state index contributed by atoms with van der Waals surface area (Å²) in [6.45, 7) is 0.767. The number of carbonyl (C=O) groups is 2. The van der Waals surface area contributed by atoms with Crippen molar-refractivity contribution in [3.05, 3.63) is 53.6 Å². The first-order chi connectivity index (χ1) is 17.4. The maximum Gasteiger partial charge on any atom is 0.306 e. The van der Waals surface area contributed by atoms with Gasteiger partial charge in [-0.2, -0.15) is 0 Å². The number of rotatable bonds is 11. The molecule has 0 radical (unpaired) electrons. The van der Waals surface area contributed by atoms with Gasteiger partial charge >= 0.3 is 5.97 Å². The van der Waals surface area contributed by atoms with Crippen LogP contribution >= 0.6 is 0 Å². The number of esters is 1. The van der Waals surface area contributed by atoms with Gasteiger partial charge in [0.1, 0.15) is 13.2 Å². The van der Waals surface area contributed by atoms with E-state index in [2.05, 4.69) is 16.1 Å². The lowest BCUT2D eigenvalue weighted by atomic mass is 9.88. The predicted octanol–water partition coefficient (Wildman–Crippen LogP) is 3.03. The van der Waals surface area contributed by atoms with E-state index in [0.717, 1.165) is 24.8 Å². The van der Waals surface area contributed by atoms with Crippen molar-refractivity contribution < 1.29 is 32.2 Å². The van der Waals surface area contributed by atoms with Crippen LogP contribution in [0.1, 0.15) is 55.7 Å². The minimum absolute atomic E-state index is 0.0490. The molecule has 2 aliphatic rings. The number of nitrogens with one attached hydrogen (secondary N) is 2. The van der Waals surface area contributed by atoms with Crippen molar-refractivity contribution in [3.63, 3.8) is 0 Å². The number of ether oxygens (including phenoxy) is 3. The van der Waals surface area contributed by atoms with E-state index < -0.39 is 16.0 Å². The second-order valence-electron chi connectivity index (χ2n) is 8.89. The Balaban J connectivity index is 1.10. The van der Waals surface area contributed by atoms with E-state index in [1.807, 2.05) is 18.2 Å². The summed E-state index contributed by atoms with van der Waals surface area (Å²) in [5.41, 5.74) is 2.38. The molecule has 0 spiro atoms. The Bertz CT molecular complexity index is 1180. The van der Waals surface area contributed by atoms with Gasteiger partial charge < -0.3 is 19.5 Å². The molecule has 2 aromatic rings. The highest BCUT2D eigenvalue weighted by molar-refractivity contribution is 7.89. The molecular weight excluding hydrogens is 484 g/mol. The largest absolute Gasteiger partial charge is 0.486 e. The smallest absolute Gasteiger partial charge is 0.306 e. The summed E-state index contributed by atoms with van der Waals surface area (Å²) in [4.78, 5) is 24.4. The van der Waals surface area contributed by atoms with E-state index in [1.165, 1.54) is 17.7 Å². The Morgan fingerprint density at radius 3 is 2.67 bits per heavy atom. The molecule has 194 valence electrons. The molecule has 2 aromatic carbocycles. The van der Waals surface area contributed by atoms with E-state index in [1.54, 1.807) is 6.07 Å². The Kier molecular flexibility index (Phi) is 8.82. The third-order valence-corrected chi connectivity index (χ3v) is 7.70. The molecule has 36 heavy (non-hydrogen) atoms. The van der Waals surface area contributed by atoms with E-state index in [0.29, 0.717) is 44.0 Å². The average Bonchev–Trinajstić information content (AvgIpc) is 2.89. The molecule has 0 fully saturated rings. The van der Waals surface area contributed by atoms with Gasteiger partial charge in [-0.15, -0.1) is 0 Å². The number of sulfonamides is 1. The number of aryl methyl sites for hydroxylation is 1. The van der Waals surface area contributed by atoms with Gasteiger partial charge in [0.2, 0.25) is 10.0 Å². The normalized spacial score (nSPS) is 16.6. The zero-order valence-electron chi connectivity index (χ0n) is 20.2. The monoisotopic (exact) mass is 516 g/mol. The molecule has 1 amide bonds. The van der Waals surface area contributed by atoms with Gasteiger partial charge in [-0.25, -0.2) is 13.1 Å². The van der Waals surface area contributed by atoms with Crippen LogP contribution in [0.2, 0.25) is 0 Å². The first-order valence-electron chi connectivity index (χ1n) is 12.3. The highest BCUT2D eigenvalue weighted by Gasteiger charge is 2.22. The molecule has 0 aromatic heterocycles. The third kappa shape index (κ3) is 6.98. The average molecular weight is 517 g/mol. The number of fused-ring (bicyclic) bond motifs is 2. The summed E-state index contributed by atoms with van der Waals surface area (Å²) in [5, 5.41) is 2.96. The first-order valence-corrected chi connectivity index (χ1v) is 13.8. The standard InChI is InChI=1S/C26H32N2O7S/c29-25(28-22-10-6-8-19-7-3-4-9-21(19)22)18-35-26(30)11-2-1-5-14-27-36(31,32)20-12-13-23-24(17-20)34-16-15-33-23/h3-4,7,9,12-13,17,22,27H,1-2,5-6,8,10-11,14-16,18H2,(H,28,29)/t22-/m1/s1. The van der Waals surface area contributed by atoms with Crippen LogP contribution in [0.3, 0.4) is 0 Å². The molecule has 9 nitrogen and oxygen atoms in total. The molecule has 0 unspecified atom stereocenters. The summed E-state index contributed by atoms with van der Waals surface area (Å²) in [6, 6.07) is 12.5. The van der Waals surface area contributed by atoms with Crippen molar-refractivity contribution in [2.45, 2.75) is 55.9 Å². The van der Waals surface area contributed by atoms with Gasteiger partial charge in [0.25, 0.3) is 5.91 Å². The fourth-order valence-corrected chi connectivity index (χ4v) is 5.50. The van der Waals surface area contributed by atoms with Crippen LogP contribution in [0.25, 0.3) is 0 Å². The number of hydrogen-bond donors (Lipinski definition) is 2. The molecule has 1 aliphatic carbocycles. The number of benzene rings is 2. The molecule has 1 heterocycles. The van der Waals surface area contributed by atoms with Gasteiger partial charge in [0, 0.05) is 19.0 Å². The topological polar surface area (TPSA) is 120 Å². The second-order valence-corrected chi connectivity index (χ2v) is 10.7. The molecular formula is C26H32N2O7S. The molecule has 4 rings (SSSR count). The summed E-state index contributed by atoms with van der Waals surface area (Å²) in [6.07, 6.45) is 4.82. The molecule has 1 atom stereocenters. The van der Waals surface area contributed by atoms with Crippen LogP contribution in [0.5, 0.6) is 11.5 Å². The number of carbonyl (C=O) groups excluding carboxylic acids is 2. The fraction of sp³-hybridized carbons (Fsp3) is 0.462. The van der Waals surface area contributed by atoms with Crippen LogP contribution in [-0.2, 0) is 30.8 Å². The van der Waals surface area contributed by atoms with Gasteiger partial charge in [0.05, 0.1) is 10.9 Å². The molecule has 1 aliphatic heterocycles. The van der Waals surface area contributed by atoms with Crippen LogP contribution < -0.4 is 19.5 Å². The number of hydrogen-bond acceptors (Lipinski definition) is 7. The molecule has 0 saturated heterocycles. The van der Waals surface area contributed by atoms with Gasteiger partial charge in [-0.05, 0) is 55.4 Å². The highest BCUT2D eigenvalue weighted by Crippen LogP contribution is 2.32. The number of amides is 1.